The topological polar surface area (TPSA) is 93.4 Å². The summed E-state index contributed by atoms with van der Waals surface area (Å²) in [5.41, 5.74) is 3.44. The van der Waals surface area contributed by atoms with E-state index >= 15 is 0 Å². The van der Waals surface area contributed by atoms with Gasteiger partial charge in [0, 0.05) is 37.4 Å². The summed E-state index contributed by atoms with van der Waals surface area (Å²) in [6.45, 7) is 5.97. The van der Waals surface area contributed by atoms with Crippen molar-refractivity contribution in [1.29, 1.82) is 0 Å². The van der Waals surface area contributed by atoms with Crippen LogP contribution in [0.5, 0.6) is 0 Å². The second-order valence-corrected chi connectivity index (χ2v) is 9.88. The largest absolute Gasteiger partial charge is 0.369 e. The van der Waals surface area contributed by atoms with Gasteiger partial charge in [0.25, 0.3) is 11.8 Å². The molecule has 2 aromatic heterocycles. The summed E-state index contributed by atoms with van der Waals surface area (Å²) < 4.78 is 0.741. The van der Waals surface area contributed by atoms with Crippen molar-refractivity contribution in [2.24, 2.45) is 0 Å². The molecule has 0 saturated carbocycles. The van der Waals surface area contributed by atoms with Crippen LogP contribution in [0.4, 0.5) is 11.5 Å². The number of hydrogen-bond acceptors (Lipinski definition) is 6. The summed E-state index contributed by atoms with van der Waals surface area (Å²) in [6.07, 6.45) is 0. The number of benzene rings is 2. The Kier molecular flexibility index (Phi) is 6.52. The number of nitrogens with one attached hydrogen (secondary N) is 3. The first-order valence-electron chi connectivity index (χ1n) is 11.7. The number of carbonyl (C=O) groups is 2. The minimum absolute atomic E-state index is 0.116. The molecule has 0 spiro atoms. The summed E-state index contributed by atoms with van der Waals surface area (Å²) in [5, 5.41) is 13.1. The molecule has 9 heteroatoms. The molecular formula is C26H28N6O2S. The van der Waals surface area contributed by atoms with Gasteiger partial charge in [-0.15, -0.1) is 11.3 Å². The maximum absolute atomic E-state index is 12.9. The SMILES string of the molecule is C[C@@H](NC(=O)c1cc2[nH]nc(NC(=O)c3ccc(N4CCN(C)CC4)cc3)c2s1)c1ccccc1. The lowest BCUT2D eigenvalue weighted by molar-refractivity contribution is 0.0943. The third-order valence-corrected chi connectivity index (χ3v) is 7.48. The smallest absolute Gasteiger partial charge is 0.261 e. The van der Waals surface area contributed by atoms with E-state index in [-0.39, 0.29) is 17.9 Å². The minimum Gasteiger partial charge on any atom is -0.369 e. The number of rotatable bonds is 6. The molecule has 1 atom stereocenters. The Morgan fingerprint density at radius 3 is 2.43 bits per heavy atom. The molecule has 1 saturated heterocycles. The van der Waals surface area contributed by atoms with Gasteiger partial charge in [0.05, 0.1) is 21.1 Å². The highest BCUT2D eigenvalue weighted by molar-refractivity contribution is 7.21. The van der Waals surface area contributed by atoms with E-state index in [1.54, 1.807) is 6.07 Å². The van der Waals surface area contributed by atoms with Crippen LogP contribution < -0.4 is 15.5 Å². The number of fused-ring (bicyclic) bond motifs is 1. The normalized spacial score (nSPS) is 15.2. The molecule has 3 heterocycles. The predicted octanol–water partition coefficient (Wildman–Crippen LogP) is 4.12. The van der Waals surface area contributed by atoms with Gasteiger partial charge in [-0.3, -0.25) is 14.7 Å². The fourth-order valence-corrected chi connectivity index (χ4v) is 5.13. The van der Waals surface area contributed by atoms with E-state index in [1.807, 2.05) is 61.5 Å². The highest BCUT2D eigenvalue weighted by Gasteiger charge is 2.19. The van der Waals surface area contributed by atoms with Crippen LogP contribution >= 0.6 is 11.3 Å². The molecule has 0 bridgehead atoms. The number of aromatic nitrogens is 2. The zero-order valence-corrected chi connectivity index (χ0v) is 20.6. The number of aromatic amines is 1. The number of amides is 2. The number of nitrogens with zero attached hydrogens (tertiary/aromatic N) is 3. The van der Waals surface area contributed by atoms with Gasteiger partial charge in [0.1, 0.15) is 0 Å². The van der Waals surface area contributed by atoms with Crippen molar-refractivity contribution in [1.82, 2.24) is 20.4 Å². The molecule has 2 aromatic carbocycles. The Labute approximate surface area is 207 Å². The van der Waals surface area contributed by atoms with Crippen LogP contribution in [0.25, 0.3) is 10.2 Å². The van der Waals surface area contributed by atoms with Crippen LogP contribution in [-0.2, 0) is 0 Å². The molecule has 0 radical (unpaired) electrons. The van der Waals surface area contributed by atoms with Crippen molar-refractivity contribution in [2.45, 2.75) is 13.0 Å². The third kappa shape index (κ3) is 5.06. The Morgan fingerprint density at radius 2 is 1.71 bits per heavy atom. The minimum atomic E-state index is -0.236. The maximum atomic E-state index is 12.9. The van der Waals surface area contributed by atoms with Gasteiger partial charge >= 0.3 is 0 Å². The number of likely N-dealkylation sites (N-methyl/N-ethyl adjacent to an activating group) is 1. The molecule has 1 fully saturated rings. The molecule has 8 nitrogen and oxygen atoms in total. The summed E-state index contributed by atoms with van der Waals surface area (Å²) in [4.78, 5) is 30.9. The number of piperazine rings is 1. The maximum Gasteiger partial charge on any atom is 0.261 e. The Bertz CT molecular complexity index is 1320. The molecule has 2 amide bonds. The predicted molar refractivity (Wildman–Crippen MR) is 140 cm³/mol. The van der Waals surface area contributed by atoms with E-state index < -0.39 is 0 Å². The number of hydrogen-bond donors (Lipinski definition) is 3. The number of carbonyl (C=O) groups excluding carboxylic acids is 2. The van der Waals surface area contributed by atoms with Crippen molar-refractivity contribution in [3.63, 3.8) is 0 Å². The molecule has 4 aromatic rings. The van der Waals surface area contributed by atoms with Gasteiger partial charge in [-0.1, -0.05) is 30.3 Å². The molecule has 1 aliphatic rings. The number of H-pyrrole nitrogens is 1. The van der Waals surface area contributed by atoms with Crippen molar-refractivity contribution in [3.8, 4) is 0 Å². The monoisotopic (exact) mass is 488 g/mol. The molecule has 35 heavy (non-hydrogen) atoms. The van der Waals surface area contributed by atoms with Crippen LogP contribution in [0.2, 0.25) is 0 Å². The Morgan fingerprint density at radius 1 is 1.00 bits per heavy atom. The Balaban J connectivity index is 1.25. The molecule has 0 unspecified atom stereocenters. The van der Waals surface area contributed by atoms with Crippen molar-refractivity contribution in [3.05, 3.63) is 76.7 Å². The van der Waals surface area contributed by atoms with Gasteiger partial charge in [-0.25, -0.2) is 0 Å². The summed E-state index contributed by atoms with van der Waals surface area (Å²) in [5.74, 6) is 0.0291. The lowest BCUT2D eigenvalue weighted by Crippen LogP contribution is -2.44. The quantitative estimate of drug-likeness (QED) is 0.380. The zero-order valence-electron chi connectivity index (χ0n) is 19.7. The highest BCUT2D eigenvalue weighted by Crippen LogP contribution is 2.31. The molecule has 5 rings (SSSR count). The number of thiophene rings is 1. The van der Waals surface area contributed by atoms with Crippen LogP contribution in [-0.4, -0.2) is 60.1 Å². The van der Waals surface area contributed by atoms with E-state index in [0.29, 0.717) is 21.8 Å². The molecular weight excluding hydrogens is 460 g/mol. The first-order chi connectivity index (χ1) is 17.0. The zero-order chi connectivity index (χ0) is 24.4. The van der Waals surface area contributed by atoms with E-state index in [4.69, 9.17) is 0 Å². The third-order valence-electron chi connectivity index (χ3n) is 6.34. The Hall–Kier alpha value is -3.69. The van der Waals surface area contributed by atoms with Crippen LogP contribution in [0.15, 0.2) is 60.7 Å². The van der Waals surface area contributed by atoms with E-state index in [9.17, 15) is 9.59 Å². The van der Waals surface area contributed by atoms with E-state index in [2.05, 4.69) is 37.7 Å². The van der Waals surface area contributed by atoms with Gasteiger partial charge < -0.3 is 20.4 Å². The molecule has 3 N–H and O–H groups in total. The molecule has 1 aliphatic heterocycles. The van der Waals surface area contributed by atoms with E-state index in [0.717, 1.165) is 42.1 Å². The van der Waals surface area contributed by atoms with Crippen molar-refractivity contribution >= 4 is 44.9 Å². The standard InChI is InChI=1S/C26H28N6O2S/c1-17(18-6-4-3-5-7-18)27-26(34)22-16-21-23(35-22)24(30-29-21)28-25(33)19-8-10-20(11-9-19)32-14-12-31(2)13-15-32/h3-11,16-17H,12-15H2,1-2H3,(H,27,34)(H2,28,29,30,33)/t17-/m1/s1. The van der Waals surface area contributed by atoms with Gasteiger partial charge in [0.15, 0.2) is 5.82 Å². The fourth-order valence-electron chi connectivity index (χ4n) is 4.17. The van der Waals surface area contributed by atoms with Crippen molar-refractivity contribution < 1.29 is 9.59 Å². The van der Waals surface area contributed by atoms with Crippen LogP contribution in [0.1, 0.15) is 38.6 Å². The number of anilines is 2. The van der Waals surface area contributed by atoms with E-state index in [1.165, 1.54) is 11.3 Å². The fraction of sp³-hybridized carbons (Fsp3) is 0.269. The van der Waals surface area contributed by atoms with Crippen molar-refractivity contribution in [2.75, 3.05) is 43.4 Å². The molecule has 0 aliphatic carbocycles. The second kappa shape index (κ2) is 9.89. The van der Waals surface area contributed by atoms with Crippen LogP contribution in [0, 0.1) is 0 Å². The average molecular weight is 489 g/mol. The second-order valence-electron chi connectivity index (χ2n) is 8.82. The molecule has 180 valence electrons. The van der Waals surface area contributed by atoms with Gasteiger partial charge in [-0.2, -0.15) is 5.10 Å². The van der Waals surface area contributed by atoms with Gasteiger partial charge in [0.2, 0.25) is 0 Å². The lowest BCUT2D eigenvalue weighted by Gasteiger charge is -2.34. The summed E-state index contributed by atoms with van der Waals surface area (Å²) in [7, 11) is 2.13. The lowest BCUT2D eigenvalue weighted by atomic mass is 10.1. The highest BCUT2D eigenvalue weighted by atomic mass is 32.1. The van der Waals surface area contributed by atoms with Crippen LogP contribution in [0.3, 0.4) is 0 Å². The first-order valence-corrected chi connectivity index (χ1v) is 12.5. The van der Waals surface area contributed by atoms with Gasteiger partial charge in [-0.05, 0) is 49.9 Å². The average Bonchev–Trinajstić information content (AvgIpc) is 3.47. The summed E-state index contributed by atoms with van der Waals surface area (Å²) >= 11 is 1.30. The summed E-state index contributed by atoms with van der Waals surface area (Å²) in [6, 6.07) is 19.1. The first kappa shape index (κ1) is 23.1.